The van der Waals surface area contributed by atoms with Crippen LogP contribution in [0, 0.1) is 11.8 Å². The number of aliphatic hydroxyl groups is 1. The fourth-order valence-corrected chi connectivity index (χ4v) is 3.41. The first-order valence-corrected chi connectivity index (χ1v) is 10.6. The SMILES string of the molecule is CCCCC(CC)CO[C@H]1[C@@H](O)COC[C@H]1OCC(CC)CCCC. The van der Waals surface area contributed by atoms with E-state index in [9.17, 15) is 5.11 Å². The van der Waals surface area contributed by atoms with Gasteiger partial charge in [-0.2, -0.15) is 0 Å². The maximum absolute atomic E-state index is 10.3. The van der Waals surface area contributed by atoms with Crippen LogP contribution in [0.5, 0.6) is 0 Å². The van der Waals surface area contributed by atoms with Crippen LogP contribution in [0.2, 0.25) is 0 Å². The predicted molar refractivity (Wildman–Crippen MR) is 103 cm³/mol. The molecule has 0 radical (unpaired) electrons. The van der Waals surface area contributed by atoms with Crippen molar-refractivity contribution in [3.63, 3.8) is 0 Å². The maximum Gasteiger partial charge on any atom is 0.114 e. The molecule has 1 heterocycles. The molecule has 2 unspecified atom stereocenters. The first kappa shape index (κ1) is 22.9. The summed E-state index contributed by atoms with van der Waals surface area (Å²) in [5, 5.41) is 10.3. The van der Waals surface area contributed by atoms with E-state index in [1.165, 1.54) is 38.5 Å². The van der Waals surface area contributed by atoms with Gasteiger partial charge in [0.25, 0.3) is 0 Å². The van der Waals surface area contributed by atoms with Gasteiger partial charge in [0.15, 0.2) is 0 Å². The highest BCUT2D eigenvalue weighted by atomic mass is 16.6. The molecular formula is C21H42O4. The smallest absolute Gasteiger partial charge is 0.114 e. The van der Waals surface area contributed by atoms with Gasteiger partial charge >= 0.3 is 0 Å². The van der Waals surface area contributed by atoms with Gasteiger partial charge in [0.1, 0.15) is 18.3 Å². The minimum absolute atomic E-state index is 0.150. The summed E-state index contributed by atoms with van der Waals surface area (Å²) in [6.07, 6.45) is 8.62. The van der Waals surface area contributed by atoms with Crippen LogP contribution in [0.3, 0.4) is 0 Å². The van der Waals surface area contributed by atoms with Crippen LogP contribution in [0.4, 0.5) is 0 Å². The lowest BCUT2D eigenvalue weighted by Gasteiger charge is -2.36. The molecule has 0 aromatic carbocycles. The molecule has 5 atom stereocenters. The molecule has 1 aliphatic heterocycles. The minimum Gasteiger partial charge on any atom is -0.388 e. The van der Waals surface area contributed by atoms with Crippen LogP contribution in [0.1, 0.15) is 79.1 Å². The Hall–Kier alpha value is -0.160. The van der Waals surface area contributed by atoms with E-state index >= 15 is 0 Å². The van der Waals surface area contributed by atoms with Crippen LogP contribution in [-0.2, 0) is 14.2 Å². The molecule has 4 nitrogen and oxygen atoms in total. The lowest BCUT2D eigenvalue weighted by atomic mass is 9.99. The van der Waals surface area contributed by atoms with Crippen molar-refractivity contribution < 1.29 is 19.3 Å². The second-order valence-corrected chi connectivity index (χ2v) is 7.61. The average Bonchev–Trinajstić information content (AvgIpc) is 2.63. The van der Waals surface area contributed by atoms with Crippen molar-refractivity contribution in [1.82, 2.24) is 0 Å². The van der Waals surface area contributed by atoms with Crippen LogP contribution in [0.25, 0.3) is 0 Å². The molecule has 0 aromatic heterocycles. The zero-order valence-corrected chi connectivity index (χ0v) is 17.0. The quantitative estimate of drug-likeness (QED) is 0.494. The molecule has 1 N–H and O–H groups in total. The van der Waals surface area contributed by atoms with Crippen molar-refractivity contribution in [3.05, 3.63) is 0 Å². The molecule has 1 aliphatic rings. The molecule has 150 valence electrons. The molecule has 1 rings (SSSR count). The molecule has 1 saturated heterocycles. The van der Waals surface area contributed by atoms with Crippen molar-refractivity contribution in [3.8, 4) is 0 Å². The number of unbranched alkanes of at least 4 members (excludes halogenated alkanes) is 2. The summed E-state index contributed by atoms with van der Waals surface area (Å²) in [4.78, 5) is 0. The van der Waals surface area contributed by atoms with Gasteiger partial charge in [-0.15, -0.1) is 0 Å². The number of ether oxygens (including phenoxy) is 3. The van der Waals surface area contributed by atoms with E-state index in [0.717, 1.165) is 19.4 Å². The van der Waals surface area contributed by atoms with E-state index in [4.69, 9.17) is 14.2 Å². The van der Waals surface area contributed by atoms with E-state index < -0.39 is 6.10 Å². The fourth-order valence-electron chi connectivity index (χ4n) is 3.41. The van der Waals surface area contributed by atoms with Crippen LogP contribution in [0.15, 0.2) is 0 Å². The Morgan fingerprint density at radius 1 is 0.880 bits per heavy atom. The largest absolute Gasteiger partial charge is 0.388 e. The van der Waals surface area contributed by atoms with Crippen molar-refractivity contribution in [2.75, 3.05) is 26.4 Å². The van der Waals surface area contributed by atoms with Gasteiger partial charge < -0.3 is 19.3 Å². The van der Waals surface area contributed by atoms with Crippen LogP contribution < -0.4 is 0 Å². The molecule has 4 heteroatoms. The van der Waals surface area contributed by atoms with Gasteiger partial charge in [-0.25, -0.2) is 0 Å². The van der Waals surface area contributed by atoms with E-state index in [2.05, 4.69) is 27.7 Å². The summed E-state index contributed by atoms with van der Waals surface area (Å²) in [5.41, 5.74) is 0. The highest BCUT2D eigenvalue weighted by Crippen LogP contribution is 2.22. The molecule has 0 saturated carbocycles. The topological polar surface area (TPSA) is 47.9 Å². The van der Waals surface area contributed by atoms with E-state index in [0.29, 0.717) is 31.7 Å². The number of rotatable bonds is 14. The van der Waals surface area contributed by atoms with Crippen molar-refractivity contribution >= 4 is 0 Å². The van der Waals surface area contributed by atoms with Gasteiger partial charge in [-0.3, -0.25) is 0 Å². The van der Waals surface area contributed by atoms with Crippen molar-refractivity contribution in [2.45, 2.75) is 97.4 Å². The molecule has 0 bridgehead atoms. The molecule has 0 amide bonds. The summed E-state index contributed by atoms with van der Waals surface area (Å²) >= 11 is 0. The van der Waals surface area contributed by atoms with E-state index in [1.807, 2.05) is 0 Å². The van der Waals surface area contributed by atoms with Gasteiger partial charge in [-0.05, 0) is 24.7 Å². The van der Waals surface area contributed by atoms with E-state index in [1.54, 1.807) is 0 Å². The Labute approximate surface area is 155 Å². The zero-order chi connectivity index (χ0) is 18.5. The minimum atomic E-state index is -0.585. The Morgan fingerprint density at radius 3 is 1.96 bits per heavy atom. The lowest BCUT2D eigenvalue weighted by Crippen LogP contribution is -2.51. The predicted octanol–water partition coefficient (Wildman–Crippen LogP) is 4.58. The molecule has 0 aliphatic carbocycles. The first-order chi connectivity index (χ1) is 12.2. The average molecular weight is 359 g/mol. The molecule has 0 spiro atoms. The molecule has 1 fully saturated rings. The Bertz CT molecular complexity index is 310. The van der Waals surface area contributed by atoms with E-state index in [-0.39, 0.29) is 12.2 Å². The summed E-state index contributed by atoms with van der Waals surface area (Å²) < 4.78 is 17.8. The first-order valence-electron chi connectivity index (χ1n) is 10.6. The Kier molecular flexibility index (Phi) is 12.8. The fraction of sp³-hybridized carbons (Fsp3) is 1.00. The number of hydrogen-bond donors (Lipinski definition) is 1. The third-order valence-corrected chi connectivity index (χ3v) is 5.47. The Balaban J connectivity index is 2.48. The summed E-state index contributed by atoms with van der Waals surface area (Å²) in [7, 11) is 0. The molecule has 0 aromatic rings. The highest BCUT2D eigenvalue weighted by molar-refractivity contribution is 4.83. The number of hydrogen-bond acceptors (Lipinski definition) is 4. The summed E-state index contributed by atoms with van der Waals surface area (Å²) in [5.74, 6) is 1.16. The molecule has 25 heavy (non-hydrogen) atoms. The summed E-state index contributed by atoms with van der Waals surface area (Å²) in [6.45, 7) is 11.2. The second-order valence-electron chi connectivity index (χ2n) is 7.61. The normalized spacial score (nSPS) is 26.5. The summed E-state index contributed by atoms with van der Waals surface area (Å²) in [6, 6.07) is 0. The third kappa shape index (κ3) is 8.85. The maximum atomic E-state index is 10.3. The Morgan fingerprint density at radius 2 is 1.44 bits per heavy atom. The van der Waals surface area contributed by atoms with Crippen LogP contribution in [-0.4, -0.2) is 49.8 Å². The van der Waals surface area contributed by atoms with Crippen molar-refractivity contribution in [2.24, 2.45) is 11.8 Å². The lowest BCUT2D eigenvalue weighted by molar-refractivity contribution is -0.196. The van der Waals surface area contributed by atoms with Crippen molar-refractivity contribution in [1.29, 1.82) is 0 Å². The van der Waals surface area contributed by atoms with Gasteiger partial charge in [0.05, 0.1) is 26.4 Å². The third-order valence-electron chi connectivity index (χ3n) is 5.47. The highest BCUT2D eigenvalue weighted by Gasteiger charge is 2.35. The van der Waals surface area contributed by atoms with Gasteiger partial charge in [0, 0.05) is 0 Å². The monoisotopic (exact) mass is 358 g/mol. The standard InChI is InChI=1S/C21H42O4/c1-5-9-11-17(7-3)13-24-20-16-23-15-19(22)21(20)25-14-18(8-4)12-10-6-2/h17-22H,5-16H2,1-4H3/t17?,18?,19-,20+,21-/m0/s1. The van der Waals surface area contributed by atoms with Gasteiger partial charge in [0.2, 0.25) is 0 Å². The second kappa shape index (κ2) is 14.0. The zero-order valence-electron chi connectivity index (χ0n) is 17.0. The van der Waals surface area contributed by atoms with Crippen LogP contribution >= 0.6 is 0 Å². The molecular weight excluding hydrogens is 316 g/mol. The number of aliphatic hydroxyl groups excluding tert-OH is 1. The van der Waals surface area contributed by atoms with Gasteiger partial charge in [-0.1, -0.05) is 66.2 Å².